The molecular weight excluding hydrogens is 382 g/mol. The van der Waals surface area contributed by atoms with Gasteiger partial charge in [-0.15, -0.1) is 0 Å². The Labute approximate surface area is 172 Å². The minimum absolute atomic E-state index is 0.173. The quantitative estimate of drug-likeness (QED) is 0.376. The number of amides is 1. The number of carbonyl (C=O) groups excluding carboxylic acids is 1. The van der Waals surface area contributed by atoms with Crippen LogP contribution in [0.1, 0.15) is 10.4 Å². The Hall–Kier alpha value is -3.63. The lowest BCUT2D eigenvalue weighted by Crippen LogP contribution is -2.13. The zero-order chi connectivity index (χ0) is 19.8. The second-order valence-electron chi connectivity index (χ2n) is 6.81. The van der Waals surface area contributed by atoms with Crippen molar-refractivity contribution in [2.24, 2.45) is 0 Å². The van der Waals surface area contributed by atoms with E-state index in [0.29, 0.717) is 10.6 Å². The van der Waals surface area contributed by atoms with E-state index in [1.165, 1.54) is 0 Å². The summed E-state index contributed by atoms with van der Waals surface area (Å²) in [5.41, 5.74) is 4.76. The summed E-state index contributed by atoms with van der Waals surface area (Å²) in [6.07, 6.45) is 1.88. The van der Waals surface area contributed by atoms with Gasteiger partial charge in [0.15, 0.2) is 0 Å². The first-order valence-corrected chi connectivity index (χ1v) is 9.59. The van der Waals surface area contributed by atoms with E-state index in [-0.39, 0.29) is 5.91 Å². The molecule has 0 bridgehead atoms. The van der Waals surface area contributed by atoms with Crippen LogP contribution in [0.4, 0.5) is 5.69 Å². The zero-order valence-electron chi connectivity index (χ0n) is 15.3. The Balaban J connectivity index is 1.58. The molecule has 0 saturated heterocycles. The van der Waals surface area contributed by atoms with Crippen molar-refractivity contribution in [2.45, 2.75) is 0 Å². The number of pyridine rings is 1. The van der Waals surface area contributed by atoms with E-state index in [1.807, 2.05) is 85.1 Å². The third kappa shape index (κ3) is 3.35. The number of nitrogens with zero attached hydrogens (tertiary/aromatic N) is 1. The molecule has 0 aliphatic carbocycles. The molecule has 2 aromatic heterocycles. The molecule has 5 heteroatoms. The summed E-state index contributed by atoms with van der Waals surface area (Å²) in [6.45, 7) is 0. The van der Waals surface area contributed by atoms with E-state index < -0.39 is 0 Å². The highest BCUT2D eigenvalue weighted by molar-refractivity contribution is 6.30. The number of nitrogens with one attached hydrogen (secondary N) is 2. The number of hydrogen-bond acceptors (Lipinski definition) is 2. The third-order valence-corrected chi connectivity index (χ3v) is 5.16. The van der Waals surface area contributed by atoms with Crippen molar-refractivity contribution in [3.8, 4) is 11.3 Å². The van der Waals surface area contributed by atoms with Gasteiger partial charge in [-0.05, 0) is 48.5 Å². The van der Waals surface area contributed by atoms with Crippen LogP contribution in [0.25, 0.3) is 33.1 Å². The lowest BCUT2D eigenvalue weighted by molar-refractivity contribution is 0.102. The van der Waals surface area contributed by atoms with Crippen LogP contribution < -0.4 is 5.32 Å². The molecule has 0 radical (unpaired) electrons. The number of anilines is 1. The average Bonchev–Trinajstić information content (AvgIpc) is 3.21. The fourth-order valence-electron chi connectivity index (χ4n) is 3.46. The fraction of sp³-hybridized carbons (Fsp3) is 0. The van der Waals surface area contributed by atoms with Crippen LogP contribution in [0.15, 0.2) is 85.1 Å². The molecule has 5 rings (SSSR count). The van der Waals surface area contributed by atoms with Crippen LogP contribution in [0.3, 0.4) is 0 Å². The maximum absolute atomic E-state index is 13.2. The molecule has 2 heterocycles. The summed E-state index contributed by atoms with van der Waals surface area (Å²) in [5.74, 6) is -0.173. The van der Waals surface area contributed by atoms with Gasteiger partial charge in [0, 0.05) is 38.8 Å². The van der Waals surface area contributed by atoms with Crippen LogP contribution in [0.2, 0.25) is 5.02 Å². The van der Waals surface area contributed by atoms with Gasteiger partial charge in [0.1, 0.15) is 0 Å². The van der Waals surface area contributed by atoms with Crippen molar-refractivity contribution in [3.05, 3.63) is 95.6 Å². The van der Waals surface area contributed by atoms with Gasteiger partial charge in [-0.3, -0.25) is 4.79 Å². The smallest absolute Gasteiger partial charge is 0.256 e. The highest BCUT2D eigenvalue weighted by atomic mass is 35.5. The molecule has 0 aliphatic rings. The number of aromatic nitrogens is 2. The molecule has 29 heavy (non-hydrogen) atoms. The summed E-state index contributed by atoms with van der Waals surface area (Å²) in [5, 5.41) is 5.53. The molecule has 0 aliphatic heterocycles. The van der Waals surface area contributed by atoms with Crippen molar-refractivity contribution in [3.63, 3.8) is 0 Å². The first-order valence-electron chi connectivity index (χ1n) is 9.22. The zero-order valence-corrected chi connectivity index (χ0v) is 16.1. The summed E-state index contributed by atoms with van der Waals surface area (Å²) in [7, 11) is 0. The summed E-state index contributed by atoms with van der Waals surface area (Å²) in [6, 6.07) is 24.7. The van der Waals surface area contributed by atoms with Crippen LogP contribution in [0, 0.1) is 0 Å². The molecule has 3 aromatic carbocycles. The van der Waals surface area contributed by atoms with E-state index in [9.17, 15) is 4.79 Å². The van der Waals surface area contributed by atoms with Gasteiger partial charge in [-0.2, -0.15) is 0 Å². The number of para-hydroxylation sites is 1. The third-order valence-electron chi connectivity index (χ3n) is 4.91. The molecule has 4 nitrogen and oxygen atoms in total. The Morgan fingerprint density at radius 3 is 2.62 bits per heavy atom. The second kappa shape index (κ2) is 7.08. The van der Waals surface area contributed by atoms with Gasteiger partial charge in [-0.1, -0.05) is 41.9 Å². The number of H-pyrrole nitrogens is 1. The highest BCUT2D eigenvalue weighted by Gasteiger charge is 2.14. The van der Waals surface area contributed by atoms with Crippen molar-refractivity contribution in [1.29, 1.82) is 0 Å². The van der Waals surface area contributed by atoms with Crippen molar-refractivity contribution < 1.29 is 4.79 Å². The Morgan fingerprint density at radius 2 is 1.76 bits per heavy atom. The Kier molecular flexibility index (Phi) is 4.26. The number of aromatic amines is 1. The number of halogens is 1. The summed E-state index contributed by atoms with van der Waals surface area (Å²) in [4.78, 5) is 21.1. The molecule has 0 atom stereocenters. The fourth-order valence-corrected chi connectivity index (χ4v) is 3.59. The minimum Gasteiger partial charge on any atom is -0.361 e. The van der Waals surface area contributed by atoms with E-state index in [2.05, 4.69) is 10.3 Å². The molecule has 0 saturated carbocycles. The van der Waals surface area contributed by atoms with Gasteiger partial charge in [0.2, 0.25) is 0 Å². The maximum atomic E-state index is 13.2. The largest absolute Gasteiger partial charge is 0.361 e. The molecule has 140 valence electrons. The van der Waals surface area contributed by atoms with Gasteiger partial charge in [0.25, 0.3) is 5.91 Å². The normalized spacial score (nSPS) is 11.1. The summed E-state index contributed by atoms with van der Waals surface area (Å²) < 4.78 is 0. The predicted octanol–water partition coefficient (Wildman–Crippen LogP) is 6.29. The van der Waals surface area contributed by atoms with Crippen molar-refractivity contribution in [1.82, 2.24) is 9.97 Å². The van der Waals surface area contributed by atoms with Gasteiger partial charge >= 0.3 is 0 Å². The molecule has 0 unspecified atom stereocenters. The number of carbonyl (C=O) groups is 1. The molecule has 5 aromatic rings. The number of rotatable bonds is 3. The first-order chi connectivity index (χ1) is 14.2. The van der Waals surface area contributed by atoms with Crippen LogP contribution in [-0.4, -0.2) is 15.9 Å². The van der Waals surface area contributed by atoms with Gasteiger partial charge in [-0.25, -0.2) is 4.98 Å². The van der Waals surface area contributed by atoms with E-state index >= 15 is 0 Å². The lowest BCUT2D eigenvalue weighted by Gasteiger charge is -2.11. The van der Waals surface area contributed by atoms with Gasteiger partial charge < -0.3 is 10.3 Å². The Morgan fingerprint density at radius 1 is 0.931 bits per heavy atom. The van der Waals surface area contributed by atoms with Crippen molar-refractivity contribution >= 4 is 45.0 Å². The first kappa shape index (κ1) is 17.5. The van der Waals surface area contributed by atoms with Crippen molar-refractivity contribution in [2.75, 3.05) is 5.32 Å². The standard InChI is InChI=1S/C24H16ClN3O/c25-17-7-5-15(6-8-17)23-14-20(19-3-1-2-4-22(19)28-23)24(29)27-18-9-10-21-16(13-18)11-12-26-21/h1-14,26H,(H,27,29). The maximum Gasteiger partial charge on any atom is 0.256 e. The van der Waals surface area contributed by atoms with Crippen LogP contribution in [-0.2, 0) is 0 Å². The monoisotopic (exact) mass is 397 g/mol. The molecule has 0 fully saturated rings. The SMILES string of the molecule is O=C(Nc1ccc2[nH]ccc2c1)c1cc(-c2ccc(Cl)cc2)nc2ccccc12. The molecule has 2 N–H and O–H groups in total. The van der Waals surface area contributed by atoms with Crippen LogP contribution >= 0.6 is 11.6 Å². The molecule has 1 amide bonds. The Bertz CT molecular complexity index is 1360. The lowest BCUT2D eigenvalue weighted by atomic mass is 10.0. The minimum atomic E-state index is -0.173. The second-order valence-corrected chi connectivity index (χ2v) is 7.25. The molecule has 0 spiro atoms. The van der Waals surface area contributed by atoms with Gasteiger partial charge in [0.05, 0.1) is 16.8 Å². The van der Waals surface area contributed by atoms with E-state index in [1.54, 1.807) is 0 Å². The van der Waals surface area contributed by atoms with E-state index in [0.717, 1.165) is 38.8 Å². The predicted molar refractivity (Wildman–Crippen MR) is 118 cm³/mol. The summed E-state index contributed by atoms with van der Waals surface area (Å²) >= 11 is 6.01. The number of benzene rings is 3. The molecular formula is C24H16ClN3O. The highest BCUT2D eigenvalue weighted by Crippen LogP contribution is 2.27. The number of hydrogen-bond donors (Lipinski definition) is 2. The average molecular weight is 398 g/mol. The van der Waals surface area contributed by atoms with Crippen LogP contribution in [0.5, 0.6) is 0 Å². The number of fused-ring (bicyclic) bond motifs is 2. The topological polar surface area (TPSA) is 57.8 Å². The van der Waals surface area contributed by atoms with E-state index in [4.69, 9.17) is 16.6 Å².